The van der Waals surface area contributed by atoms with Gasteiger partial charge in [-0.2, -0.15) is 5.10 Å². The normalized spacial score (nSPS) is 10.9. The Hall–Kier alpha value is -1.01. The van der Waals surface area contributed by atoms with Crippen molar-refractivity contribution in [3.05, 3.63) is 41.2 Å². The van der Waals surface area contributed by atoms with Crippen molar-refractivity contribution >= 4 is 23.4 Å². The van der Waals surface area contributed by atoms with Gasteiger partial charge < -0.3 is 10.1 Å². The van der Waals surface area contributed by atoms with Gasteiger partial charge in [0.2, 0.25) is 0 Å². The van der Waals surface area contributed by atoms with Crippen LogP contribution in [0.3, 0.4) is 0 Å². The van der Waals surface area contributed by atoms with E-state index in [-0.39, 0.29) is 0 Å². The molecule has 0 spiro atoms. The summed E-state index contributed by atoms with van der Waals surface area (Å²) in [6.45, 7) is 2.29. The summed E-state index contributed by atoms with van der Waals surface area (Å²) in [7, 11) is 3.61. The molecule has 0 amide bonds. The monoisotopic (exact) mass is 311 g/mol. The van der Waals surface area contributed by atoms with E-state index in [0.717, 1.165) is 27.9 Å². The van der Waals surface area contributed by atoms with Crippen LogP contribution in [0.2, 0.25) is 5.02 Å². The Balaban J connectivity index is 2.09. The highest BCUT2D eigenvalue weighted by Crippen LogP contribution is 2.35. The molecule has 0 aliphatic rings. The van der Waals surface area contributed by atoms with Gasteiger partial charge in [-0.3, -0.25) is 4.68 Å². The fourth-order valence-corrected chi connectivity index (χ4v) is 3.06. The van der Waals surface area contributed by atoms with Crippen LogP contribution in [0.1, 0.15) is 5.56 Å². The Bertz CT molecular complexity index is 559. The molecule has 0 fully saturated rings. The lowest BCUT2D eigenvalue weighted by molar-refractivity contribution is 0.199. The zero-order chi connectivity index (χ0) is 14.4. The van der Waals surface area contributed by atoms with Crippen LogP contribution in [0.4, 0.5) is 0 Å². The first-order valence-electron chi connectivity index (χ1n) is 6.34. The number of rotatable bonds is 7. The maximum Gasteiger partial charge on any atom is 0.0629 e. The van der Waals surface area contributed by atoms with Crippen LogP contribution in [-0.4, -0.2) is 30.0 Å². The van der Waals surface area contributed by atoms with Gasteiger partial charge in [-0.05, 0) is 11.6 Å². The largest absolute Gasteiger partial charge is 0.383 e. The van der Waals surface area contributed by atoms with E-state index >= 15 is 0 Å². The van der Waals surface area contributed by atoms with Gasteiger partial charge in [-0.1, -0.05) is 35.5 Å². The van der Waals surface area contributed by atoms with Crippen molar-refractivity contribution in [3.63, 3.8) is 0 Å². The average Bonchev–Trinajstić information content (AvgIpc) is 2.84. The highest BCUT2D eigenvalue weighted by Gasteiger charge is 2.09. The quantitative estimate of drug-likeness (QED) is 0.798. The maximum atomic E-state index is 6.33. The Labute approximate surface area is 128 Å². The summed E-state index contributed by atoms with van der Waals surface area (Å²) in [5, 5.41) is 8.29. The van der Waals surface area contributed by atoms with E-state index in [4.69, 9.17) is 16.3 Å². The Morgan fingerprint density at radius 2 is 2.30 bits per heavy atom. The van der Waals surface area contributed by atoms with Crippen molar-refractivity contribution in [1.82, 2.24) is 15.1 Å². The van der Waals surface area contributed by atoms with E-state index in [0.29, 0.717) is 6.61 Å². The molecule has 1 aromatic carbocycles. The molecule has 1 aromatic heterocycles. The van der Waals surface area contributed by atoms with Crippen LogP contribution in [0, 0.1) is 0 Å². The van der Waals surface area contributed by atoms with Crippen molar-refractivity contribution in [2.24, 2.45) is 7.05 Å². The highest BCUT2D eigenvalue weighted by atomic mass is 35.5. The smallest absolute Gasteiger partial charge is 0.0629 e. The molecular weight excluding hydrogens is 294 g/mol. The molecule has 0 saturated carbocycles. The van der Waals surface area contributed by atoms with Gasteiger partial charge in [0.05, 0.1) is 22.7 Å². The Morgan fingerprint density at radius 1 is 1.45 bits per heavy atom. The first-order valence-corrected chi connectivity index (χ1v) is 7.53. The Morgan fingerprint density at radius 3 is 3.00 bits per heavy atom. The lowest BCUT2D eigenvalue weighted by atomic mass is 10.2. The van der Waals surface area contributed by atoms with Crippen LogP contribution in [0.5, 0.6) is 0 Å². The van der Waals surface area contributed by atoms with Crippen LogP contribution >= 0.6 is 23.4 Å². The van der Waals surface area contributed by atoms with Crippen molar-refractivity contribution in [3.8, 4) is 0 Å². The summed E-state index contributed by atoms with van der Waals surface area (Å²) in [5.74, 6) is 0. The fraction of sp³-hybridized carbons (Fsp3) is 0.357. The fourth-order valence-electron chi connectivity index (χ4n) is 1.77. The zero-order valence-corrected chi connectivity index (χ0v) is 13.2. The minimum absolute atomic E-state index is 0.700. The predicted octanol–water partition coefficient (Wildman–Crippen LogP) is 2.96. The SMILES string of the molecule is COCCNCc1cccc(Cl)c1Sc1cnn(C)c1. The molecule has 108 valence electrons. The Kier molecular flexibility index (Phi) is 5.91. The third kappa shape index (κ3) is 4.24. The number of benzene rings is 1. The van der Waals surface area contributed by atoms with Gasteiger partial charge in [0, 0.05) is 38.3 Å². The lowest BCUT2D eigenvalue weighted by Gasteiger charge is -2.11. The minimum Gasteiger partial charge on any atom is -0.383 e. The van der Waals surface area contributed by atoms with E-state index in [2.05, 4.69) is 16.5 Å². The van der Waals surface area contributed by atoms with Gasteiger partial charge in [-0.25, -0.2) is 0 Å². The molecule has 0 radical (unpaired) electrons. The standard InChI is InChI=1S/C14H18ClN3OS/c1-18-10-12(9-17-18)20-14-11(4-3-5-13(14)15)8-16-6-7-19-2/h3-5,9-10,16H,6-8H2,1-2H3. The number of halogens is 1. The molecule has 0 bridgehead atoms. The third-order valence-electron chi connectivity index (χ3n) is 2.75. The zero-order valence-electron chi connectivity index (χ0n) is 11.6. The van der Waals surface area contributed by atoms with Crippen LogP contribution in [0.25, 0.3) is 0 Å². The number of nitrogens with one attached hydrogen (secondary N) is 1. The van der Waals surface area contributed by atoms with E-state index in [9.17, 15) is 0 Å². The first-order chi connectivity index (χ1) is 9.70. The molecule has 2 rings (SSSR count). The molecule has 0 aliphatic heterocycles. The average molecular weight is 312 g/mol. The van der Waals surface area contributed by atoms with Crippen molar-refractivity contribution in [2.75, 3.05) is 20.3 Å². The lowest BCUT2D eigenvalue weighted by Crippen LogP contribution is -2.18. The molecule has 1 heterocycles. The first kappa shape index (κ1) is 15.4. The topological polar surface area (TPSA) is 39.1 Å². The van der Waals surface area contributed by atoms with Crippen molar-refractivity contribution in [2.45, 2.75) is 16.3 Å². The summed E-state index contributed by atoms with van der Waals surface area (Å²) >= 11 is 7.96. The number of aromatic nitrogens is 2. The van der Waals surface area contributed by atoms with E-state index in [1.807, 2.05) is 31.6 Å². The molecule has 1 N–H and O–H groups in total. The third-order valence-corrected chi connectivity index (χ3v) is 4.31. The van der Waals surface area contributed by atoms with E-state index < -0.39 is 0 Å². The summed E-state index contributed by atoms with van der Waals surface area (Å²) in [6.07, 6.45) is 3.83. The molecule has 20 heavy (non-hydrogen) atoms. The predicted molar refractivity (Wildman–Crippen MR) is 82.4 cm³/mol. The number of aryl methyl sites for hydroxylation is 1. The molecule has 4 nitrogen and oxygen atoms in total. The van der Waals surface area contributed by atoms with E-state index in [1.165, 1.54) is 5.56 Å². The summed E-state index contributed by atoms with van der Waals surface area (Å²) in [4.78, 5) is 2.16. The van der Waals surface area contributed by atoms with Gasteiger partial charge in [0.1, 0.15) is 0 Å². The van der Waals surface area contributed by atoms with Gasteiger partial charge in [0.15, 0.2) is 0 Å². The summed E-state index contributed by atoms with van der Waals surface area (Å²) in [6, 6.07) is 5.98. The van der Waals surface area contributed by atoms with Gasteiger partial charge >= 0.3 is 0 Å². The molecular formula is C14H18ClN3OS. The number of hydrogen-bond acceptors (Lipinski definition) is 4. The number of hydrogen-bond donors (Lipinski definition) is 1. The highest BCUT2D eigenvalue weighted by molar-refractivity contribution is 7.99. The summed E-state index contributed by atoms with van der Waals surface area (Å²) in [5.41, 5.74) is 1.18. The van der Waals surface area contributed by atoms with Crippen LogP contribution in [-0.2, 0) is 18.3 Å². The number of nitrogens with zero attached hydrogens (tertiary/aromatic N) is 2. The van der Waals surface area contributed by atoms with Gasteiger partial charge in [0.25, 0.3) is 0 Å². The molecule has 0 atom stereocenters. The minimum atomic E-state index is 0.700. The van der Waals surface area contributed by atoms with Crippen LogP contribution < -0.4 is 5.32 Å². The van der Waals surface area contributed by atoms with Crippen molar-refractivity contribution < 1.29 is 4.74 Å². The molecule has 0 saturated heterocycles. The molecule has 0 aliphatic carbocycles. The molecule has 2 aromatic rings. The maximum absolute atomic E-state index is 6.33. The number of methoxy groups -OCH3 is 1. The molecule has 6 heteroatoms. The van der Waals surface area contributed by atoms with Gasteiger partial charge in [-0.15, -0.1) is 0 Å². The molecule has 0 unspecified atom stereocenters. The van der Waals surface area contributed by atoms with E-state index in [1.54, 1.807) is 23.6 Å². The second-order valence-electron chi connectivity index (χ2n) is 4.35. The van der Waals surface area contributed by atoms with Crippen molar-refractivity contribution in [1.29, 1.82) is 0 Å². The summed E-state index contributed by atoms with van der Waals surface area (Å²) < 4.78 is 6.81. The second-order valence-corrected chi connectivity index (χ2v) is 5.84. The van der Waals surface area contributed by atoms with Crippen LogP contribution in [0.15, 0.2) is 40.4 Å². The number of ether oxygens (including phenoxy) is 1. The second kappa shape index (κ2) is 7.69.